The van der Waals surface area contributed by atoms with Gasteiger partial charge in [-0.15, -0.1) is 0 Å². The zero-order valence-corrected chi connectivity index (χ0v) is 12.0. The van der Waals surface area contributed by atoms with Crippen molar-refractivity contribution in [1.29, 1.82) is 0 Å². The van der Waals surface area contributed by atoms with E-state index in [9.17, 15) is 8.42 Å². The van der Waals surface area contributed by atoms with Crippen molar-refractivity contribution < 1.29 is 8.42 Å². The molecule has 106 valence electrons. The van der Waals surface area contributed by atoms with E-state index in [1.54, 1.807) is 0 Å². The molecule has 20 heavy (non-hydrogen) atoms. The molecule has 1 aromatic heterocycles. The highest BCUT2D eigenvalue weighted by Gasteiger charge is 2.32. The van der Waals surface area contributed by atoms with E-state index >= 15 is 0 Å². The van der Waals surface area contributed by atoms with Crippen LogP contribution in [-0.2, 0) is 10.0 Å². The van der Waals surface area contributed by atoms with E-state index in [4.69, 9.17) is 5.14 Å². The van der Waals surface area contributed by atoms with Gasteiger partial charge in [0.15, 0.2) is 0 Å². The van der Waals surface area contributed by atoms with Crippen molar-refractivity contribution in [3.05, 3.63) is 30.1 Å². The Morgan fingerprint density at radius 2 is 2.15 bits per heavy atom. The van der Waals surface area contributed by atoms with Crippen LogP contribution in [0.3, 0.4) is 0 Å². The van der Waals surface area contributed by atoms with Crippen LogP contribution < -0.4 is 10.0 Å². The number of hydrogen-bond donors (Lipinski definition) is 1. The average molecular weight is 292 g/mol. The Kier molecular flexibility index (Phi) is 3.10. The number of benzene rings is 1. The normalized spacial score (nSPS) is 19.7. The first-order valence-corrected chi connectivity index (χ1v) is 8.04. The van der Waals surface area contributed by atoms with E-state index in [0.29, 0.717) is 19.5 Å². The number of aromatic nitrogens is 2. The third kappa shape index (κ3) is 2.23. The van der Waals surface area contributed by atoms with Gasteiger partial charge in [-0.2, -0.15) is 0 Å². The van der Waals surface area contributed by atoms with E-state index in [2.05, 4.69) is 9.97 Å². The number of nitrogens with two attached hydrogens (primary N) is 1. The fourth-order valence-electron chi connectivity index (χ4n) is 2.69. The first-order valence-electron chi connectivity index (χ1n) is 6.43. The number of nitrogens with zero attached hydrogens (tertiary/aromatic N) is 3. The molecule has 0 radical (unpaired) electrons. The highest BCUT2D eigenvalue weighted by atomic mass is 32.2. The van der Waals surface area contributed by atoms with Gasteiger partial charge in [0.1, 0.15) is 12.1 Å². The van der Waals surface area contributed by atoms with Gasteiger partial charge in [-0.25, -0.2) is 23.5 Å². The van der Waals surface area contributed by atoms with Gasteiger partial charge in [-0.05, 0) is 25.0 Å². The number of primary sulfonamides is 1. The van der Waals surface area contributed by atoms with Crippen LogP contribution in [0.1, 0.15) is 12.0 Å². The molecule has 1 fully saturated rings. The third-order valence-corrected chi connectivity index (χ3v) is 5.07. The Morgan fingerprint density at radius 3 is 2.85 bits per heavy atom. The summed E-state index contributed by atoms with van der Waals surface area (Å²) in [6.45, 7) is 3.03. The zero-order valence-electron chi connectivity index (χ0n) is 11.2. The molecule has 2 heterocycles. The highest BCUT2D eigenvalue weighted by molar-refractivity contribution is 7.89. The summed E-state index contributed by atoms with van der Waals surface area (Å²) in [6.07, 6.45) is 2.05. The van der Waals surface area contributed by atoms with E-state index in [-0.39, 0.29) is 0 Å². The predicted molar refractivity (Wildman–Crippen MR) is 78.0 cm³/mol. The quantitative estimate of drug-likeness (QED) is 0.884. The zero-order chi connectivity index (χ0) is 14.3. The lowest BCUT2D eigenvalue weighted by Crippen LogP contribution is -2.32. The van der Waals surface area contributed by atoms with Crippen molar-refractivity contribution in [1.82, 2.24) is 9.97 Å². The van der Waals surface area contributed by atoms with Gasteiger partial charge in [0.2, 0.25) is 10.0 Å². The molecule has 0 amide bonds. The van der Waals surface area contributed by atoms with Crippen LogP contribution in [-0.4, -0.2) is 36.7 Å². The minimum atomic E-state index is -3.49. The number of anilines is 1. The summed E-state index contributed by atoms with van der Waals surface area (Å²) >= 11 is 0. The Labute approximate surface area is 117 Å². The molecule has 2 N–H and O–H groups in total. The van der Waals surface area contributed by atoms with Gasteiger partial charge in [0, 0.05) is 18.5 Å². The molecule has 2 aromatic rings. The number of rotatable bonds is 2. The first kappa shape index (κ1) is 13.3. The molecule has 7 heteroatoms. The number of aryl methyl sites for hydroxylation is 1. The maximum atomic E-state index is 11.5. The Morgan fingerprint density at radius 1 is 1.35 bits per heavy atom. The Hall–Kier alpha value is -1.73. The molecule has 0 aliphatic carbocycles. The minimum Gasteiger partial charge on any atom is -0.355 e. The standard InChI is InChI=1S/C13H16N4O2S/c1-9-3-2-4-11-12(9)13(16-8-15-11)17-6-5-10(7-17)20(14,18)19/h2-4,8,10H,5-7H2,1H3,(H2,14,18,19)/t10-/m0/s1. The third-order valence-electron chi connectivity index (χ3n) is 3.76. The van der Waals surface area contributed by atoms with Crippen molar-refractivity contribution >= 4 is 26.7 Å². The molecular formula is C13H16N4O2S. The summed E-state index contributed by atoms with van der Waals surface area (Å²) in [5, 5.41) is 5.70. The fourth-order valence-corrected chi connectivity index (χ4v) is 3.51. The lowest BCUT2D eigenvalue weighted by Gasteiger charge is -2.19. The highest BCUT2D eigenvalue weighted by Crippen LogP contribution is 2.29. The summed E-state index contributed by atoms with van der Waals surface area (Å²) < 4.78 is 22.9. The van der Waals surface area contributed by atoms with Crippen molar-refractivity contribution in [2.45, 2.75) is 18.6 Å². The van der Waals surface area contributed by atoms with Gasteiger partial charge in [0.25, 0.3) is 0 Å². The fraction of sp³-hybridized carbons (Fsp3) is 0.385. The molecule has 0 spiro atoms. The maximum absolute atomic E-state index is 11.5. The molecule has 1 aromatic carbocycles. The predicted octanol–water partition coefficient (Wildman–Crippen LogP) is 0.805. The molecule has 1 atom stereocenters. The molecule has 6 nitrogen and oxygen atoms in total. The Bertz CT molecular complexity index is 755. The smallest absolute Gasteiger partial charge is 0.213 e. The van der Waals surface area contributed by atoms with Crippen LogP contribution in [0.25, 0.3) is 10.9 Å². The lowest BCUT2D eigenvalue weighted by atomic mass is 10.1. The molecular weight excluding hydrogens is 276 g/mol. The van der Waals surface area contributed by atoms with Crippen molar-refractivity contribution in [3.8, 4) is 0 Å². The monoisotopic (exact) mass is 292 g/mol. The van der Waals surface area contributed by atoms with Crippen LogP contribution in [0.15, 0.2) is 24.5 Å². The average Bonchev–Trinajstić information content (AvgIpc) is 2.88. The largest absolute Gasteiger partial charge is 0.355 e. The second-order valence-corrected chi connectivity index (χ2v) is 6.96. The Balaban J connectivity index is 2.04. The molecule has 0 saturated carbocycles. The molecule has 0 bridgehead atoms. The van der Waals surface area contributed by atoms with Crippen LogP contribution >= 0.6 is 0 Å². The maximum Gasteiger partial charge on any atom is 0.213 e. The second kappa shape index (κ2) is 4.68. The van der Waals surface area contributed by atoms with Crippen molar-refractivity contribution in [2.24, 2.45) is 5.14 Å². The second-order valence-electron chi connectivity index (χ2n) is 5.11. The molecule has 1 aliphatic rings. The van der Waals surface area contributed by atoms with E-state index in [0.717, 1.165) is 22.3 Å². The molecule has 1 saturated heterocycles. The molecule has 0 unspecified atom stereocenters. The van der Waals surface area contributed by atoms with E-state index in [1.165, 1.54) is 6.33 Å². The SMILES string of the molecule is Cc1cccc2ncnc(N3CC[C@H](S(N)(=O)=O)C3)c12. The van der Waals surface area contributed by atoms with Crippen LogP contribution in [0.5, 0.6) is 0 Å². The summed E-state index contributed by atoms with van der Waals surface area (Å²) in [5.41, 5.74) is 1.95. The van der Waals surface area contributed by atoms with Gasteiger partial charge in [-0.3, -0.25) is 0 Å². The van der Waals surface area contributed by atoms with E-state index < -0.39 is 15.3 Å². The van der Waals surface area contributed by atoms with Gasteiger partial charge in [-0.1, -0.05) is 12.1 Å². The summed E-state index contributed by atoms with van der Waals surface area (Å²) in [7, 11) is -3.49. The summed E-state index contributed by atoms with van der Waals surface area (Å²) in [5.74, 6) is 0.791. The topological polar surface area (TPSA) is 89.2 Å². The van der Waals surface area contributed by atoms with Gasteiger partial charge < -0.3 is 4.90 Å². The van der Waals surface area contributed by atoms with Gasteiger partial charge in [0.05, 0.1) is 10.8 Å². The number of sulfonamides is 1. The summed E-state index contributed by atoms with van der Waals surface area (Å²) in [4.78, 5) is 10.6. The first-order chi connectivity index (χ1) is 9.47. The van der Waals surface area contributed by atoms with Gasteiger partial charge >= 0.3 is 0 Å². The number of fused-ring (bicyclic) bond motifs is 1. The lowest BCUT2D eigenvalue weighted by molar-refractivity contribution is 0.585. The molecule has 1 aliphatic heterocycles. The van der Waals surface area contributed by atoms with Crippen molar-refractivity contribution in [3.63, 3.8) is 0 Å². The van der Waals surface area contributed by atoms with Crippen molar-refractivity contribution in [2.75, 3.05) is 18.0 Å². The van der Waals surface area contributed by atoms with Crippen LogP contribution in [0, 0.1) is 6.92 Å². The van der Waals surface area contributed by atoms with Crippen LogP contribution in [0.2, 0.25) is 0 Å². The minimum absolute atomic E-state index is 0.388. The number of hydrogen-bond acceptors (Lipinski definition) is 5. The van der Waals surface area contributed by atoms with E-state index in [1.807, 2.05) is 30.0 Å². The summed E-state index contributed by atoms with van der Waals surface area (Å²) in [6, 6.07) is 5.88. The molecule has 3 rings (SSSR count). The van der Waals surface area contributed by atoms with Crippen LogP contribution in [0.4, 0.5) is 5.82 Å².